The monoisotopic (exact) mass is 418 g/mol. The highest BCUT2D eigenvalue weighted by atomic mass is 16.5. The van der Waals surface area contributed by atoms with Crippen LogP contribution in [0.5, 0.6) is 5.75 Å². The average Bonchev–Trinajstić information content (AvgIpc) is 3.42. The third-order valence-corrected chi connectivity index (χ3v) is 5.06. The minimum atomic E-state index is -0.903. The molecule has 4 aromatic rings. The SMILES string of the molecule is CN1C(=O)[C@@H](NC(=O)c2n[nH]c(Cc3ccccc3)n2)COc2cc3ocnc3cc21. The topological polar surface area (TPSA) is 126 Å². The van der Waals surface area contributed by atoms with E-state index in [-0.39, 0.29) is 18.3 Å². The van der Waals surface area contributed by atoms with Gasteiger partial charge < -0.3 is 19.4 Å². The number of anilines is 1. The number of fused-ring (bicyclic) bond motifs is 2. The van der Waals surface area contributed by atoms with E-state index in [2.05, 4.69) is 25.5 Å². The Hall–Kier alpha value is -4.21. The average molecular weight is 418 g/mol. The number of benzene rings is 2. The Morgan fingerprint density at radius 2 is 2.13 bits per heavy atom. The molecule has 2 N–H and O–H groups in total. The first-order valence-electron chi connectivity index (χ1n) is 9.62. The molecule has 0 radical (unpaired) electrons. The molecule has 0 saturated carbocycles. The van der Waals surface area contributed by atoms with E-state index in [9.17, 15) is 9.59 Å². The molecular weight excluding hydrogens is 400 g/mol. The van der Waals surface area contributed by atoms with E-state index in [1.165, 1.54) is 11.3 Å². The summed E-state index contributed by atoms with van der Waals surface area (Å²) in [6.07, 6.45) is 1.84. The number of H-pyrrole nitrogens is 1. The van der Waals surface area contributed by atoms with Crippen molar-refractivity contribution in [2.24, 2.45) is 0 Å². The number of carbonyl (C=O) groups excluding carboxylic acids is 2. The van der Waals surface area contributed by atoms with Crippen molar-refractivity contribution in [3.05, 3.63) is 66.1 Å². The minimum absolute atomic E-state index is 0.0372. The lowest BCUT2D eigenvalue weighted by Crippen LogP contribution is -2.49. The fourth-order valence-electron chi connectivity index (χ4n) is 3.44. The summed E-state index contributed by atoms with van der Waals surface area (Å²) in [6.45, 7) is -0.0388. The second-order valence-corrected chi connectivity index (χ2v) is 7.14. The van der Waals surface area contributed by atoms with Gasteiger partial charge in [0.05, 0.1) is 5.69 Å². The molecule has 0 spiro atoms. The van der Waals surface area contributed by atoms with Gasteiger partial charge >= 0.3 is 0 Å². The molecule has 0 saturated heterocycles. The summed E-state index contributed by atoms with van der Waals surface area (Å²) >= 11 is 0. The predicted octanol–water partition coefficient (Wildman–Crippen LogP) is 1.69. The number of ether oxygens (including phenoxy) is 1. The Labute approximate surface area is 176 Å². The number of amides is 2. The van der Waals surface area contributed by atoms with Crippen molar-refractivity contribution in [1.82, 2.24) is 25.5 Å². The number of hydrogen-bond acceptors (Lipinski definition) is 7. The van der Waals surface area contributed by atoms with E-state index in [4.69, 9.17) is 9.15 Å². The molecule has 2 amide bonds. The van der Waals surface area contributed by atoms with Crippen molar-refractivity contribution in [3.8, 4) is 5.75 Å². The molecule has 0 aliphatic carbocycles. The summed E-state index contributed by atoms with van der Waals surface area (Å²) in [6, 6.07) is 12.2. The molecule has 1 aliphatic rings. The minimum Gasteiger partial charge on any atom is -0.489 e. The molecule has 3 heterocycles. The normalized spacial score (nSPS) is 16.0. The van der Waals surface area contributed by atoms with Crippen LogP contribution >= 0.6 is 0 Å². The van der Waals surface area contributed by atoms with Gasteiger partial charge in [-0.3, -0.25) is 14.7 Å². The molecule has 2 aromatic carbocycles. The van der Waals surface area contributed by atoms with Crippen molar-refractivity contribution in [2.75, 3.05) is 18.6 Å². The Morgan fingerprint density at radius 1 is 1.29 bits per heavy atom. The number of hydrogen-bond donors (Lipinski definition) is 2. The maximum Gasteiger partial charge on any atom is 0.291 e. The highest BCUT2D eigenvalue weighted by Crippen LogP contribution is 2.34. The molecule has 1 aliphatic heterocycles. The van der Waals surface area contributed by atoms with E-state index >= 15 is 0 Å². The highest BCUT2D eigenvalue weighted by molar-refractivity contribution is 6.03. The second kappa shape index (κ2) is 7.56. The van der Waals surface area contributed by atoms with Crippen molar-refractivity contribution in [2.45, 2.75) is 12.5 Å². The fourth-order valence-corrected chi connectivity index (χ4v) is 3.44. The maximum atomic E-state index is 12.9. The predicted molar refractivity (Wildman–Crippen MR) is 110 cm³/mol. The molecule has 31 heavy (non-hydrogen) atoms. The Morgan fingerprint density at radius 3 is 2.97 bits per heavy atom. The lowest BCUT2D eigenvalue weighted by atomic mass is 10.1. The molecule has 0 unspecified atom stereocenters. The molecular formula is C21H18N6O4. The van der Waals surface area contributed by atoms with Crippen LogP contribution in [0.2, 0.25) is 0 Å². The largest absolute Gasteiger partial charge is 0.489 e. The molecule has 5 rings (SSSR count). The quantitative estimate of drug-likeness (QED) is 0.516. The number of aromatic amines is 1. The lowest BCUT2D eigenvalue weighted by Gasteiger charge is -2.19. The van der Waals surface area contributed by atoms with Gasteiger partial charge in [-0.15, -0.1) is 5.10 Å². The maximum absolute atomic E-state index is 12.9. The van der Waals surface area contributed by atoms with Gasteiger partial charge in [0.1, 0.15) is 29.7 Å². The van der Waals surface area contributed by atoms with Gasteiger partial charge in [-0.1, -0.05) is 30.3 Å². The first-order chi connectivity index (χ1) is 15.1. The summed E-state index contributed by atoms with van der Waals surface area (Å²) < 4.78 is 11.1. The number of nitrogens with zero attached hydrogens (tertiary/aromatic N) is 4. The van der Waals surface area contributed by atoms with Crippen LogP contribution in [0.25, 0.3) is 11.1 Å². The third-order valence-electron chi connectivity index (χ3n) is 5.06. The van der Waals surface area contributed by atoms with Gasteiger partial charge in [-0.05, 0) is 11.6 Å². The number of oxazole rings is 1. The molecule has 10 heteroatoms. The smallest absolute Gasteiger partial charge is 0.291 e. The zero-order chi connectivity index (χ0) is 21.4. The number of aromatic nitrogens is 4. The van der Waals surface area contributed by atoms with E-state index in [1.807, 2.05) is 30.3 Å². The fraction of sp³-hybridized carbons (Fsp3) is 0.190. The second-order valence-electron chi connectivity index (χ2n) is 7.14. The molecule has 10 nitrogen and oxygen atoms in total. The number of carbonyl (C=O) groups is 2. The summed E-state index contributed by atoms with van der Waals surface area (Å²) in [7, 11) is 1.62. The summed E-state index contributed by atoms with van der Waals surface area (Å²) in [5.74, 6) is 0.103. The van der Waals surface area contributed by atoms with Crippen molar-refractivity contribution in [1.29, 1.82) is 0 Å². The molecule has 0 fully saturated rings. The summed E-state index contributed by atoms with van der Waals surface area (Å²) in [5.41, 5.74) is 2.74. The van der Waals surface area contributed by atoms with Crippen LogP contribution in [0.3, 0.4) is 0 Å². The standard InChI is InChI=1S/C21H18N6O4/c1-27-15-8-13-16(31-11-22-13)9-17(15)30-10-14(21(27)29)23-20(28)19-24-18(25-26-19)7-12-5-3-2-4-6-12/h2-6,8-9,11,14H,7,10H2,1H3,(H,23,28)(H,24,25,26)/t14-/m0/s1. The summed E-state index contributed by atoms with van der Waals surface area (Å²) in [4.78, 5) is 35.4. The lowest BCUT2D eigenvalue weighted by molar-refractivity contribution is -0.120. The van der Waals surface area contributed by atoms with E-state index in [1.54, 1.807) is 19.2 Å². The van der Waals surface area contributed by atoms with Crippen LogP contribution in [-0.4, -0.2) is 51.7 Å². The number of rotatable bonds is 4. The molecule has 2 aromatic heterocycles. The zero-order valence-electron chi connectivity index (χ0n) is 16.5. The van der Waals surface area contributed by atoms with Crippen molar-refractivity contribution < 1.29 is 18.7 Å². The zero-order valence-corrected chi connectivity index (χ0v) is 16.5. The van der Waals surface area contributed by atoms with Crippen LogP contribution in [0.1, 0.15) is 22.0 Å². The van der Waals surface area contributed by atoms with Crippen molar-refractivity contribution >= 4 is 28.6 Å². The van der Waals surface area contributed by atoms with Gasteiger partial charge in [0.15, 0.2) is 12.0 Å². The number of likely N-dealkylation sites (N-methyl/N-ethyl adjacent to an activating group) is 1. The highest BCUT2D eigenvalue weighted by Gasteiger charge is 2.32. The van der Waals surface area contributed by atoms with Crippen LogP contribution in [0, 0.1) is 0 Å². The Bertz CT molecular complexity index is 1270. The molecule has 0 bridgehead atoms. The van der Waals surface area contributed by atoms with Gasteiger partial charge in [0.25, 0.3) is 11.8 Å². The molecule has 156 valence electrons. The van der Waals surface area contributed by atoms with Crippen LogP contribution in [0.4, 0.5) is 5.69 Å². The van der Waals surface area contributed by atoms with Gasteiger partial charge in [-0.25, -0.2) is 9.97 Å². The van der Waals surface area contributed by atoms with Gasteiger partial charge in [0, 0.05) is 19.5 Å². The Kier molecular flexibility index (Phi) is 4.58. The van der Waals surface area contributed by atoms with E-state index < -0.39 is 11.9 Å². The van der Waals surface area contributed by atoms with Crippen molar-refractivity contribution in [3.63, 3.8) is 0 Å². The van der Waals surface area contributed by atoms with Crippen LogP contribution < -0.4 is 15.0 Å². The van der Waals surface area contributed by atoms with E-state index in [0.29, 0.717) is 34.8 Å². The first kappa shape index (κ1) is 18.8. The molecule has 1 atom stereocenters. The van der Waals surface area contributed by atoms with Crippen LogP contribution in [0.15, 0.2) is 53.3 Å². The first-order valence-corrected chi connectivity index (χ1v) is 9.62. The summed E-state index contributed by atoms with van der Waals surface area (Å²) in [5, 5.41) is 9.41. The number of nitrogens with one attached hydrogen (secondary N) is 2. The van der Waals surface area contributed by atoms with Gasteiger partial charge in [0.2, 0.25) is 5.82 Å². The Balaban J connectivity index is 1.31. The van der Waals surface area contributed by atoms with Gasteiger partial charge in [-0.2, -0.15) is 0 Å². The van der Waals surface area contributed by atoms with E-state index in [0.717, 1.165) is 5.56 Å². The van der Waals surface area contributed by atoms with Crippen LogP contribution in [-0.2, 0) is 11.2 Å². The third kappa shape index (κ3) is 3.59.